The van der Waals surface area contributed by atoms with Crippen molar-refractivity contribution in [1.82, 2.24) is 0 Å². The summed E-state index contributed by atoms with van der Waals surface area (Å²) in [4.78, 5) is 24.1. The van der Waals surface area contributed by atoms with Gasteiger partial charge in [-0.05, 0) is 36.1 Å². The van der Waals surface area contributed by atoms with Crippen molar-refractivity contribution >= 4 is 47.6 Å². The van der Waals surface area contributed by atoms with E-state index in [9.17, 15) is 9.59 Å². The molecule has 0 spiro atoms. The molecule has 0 N–H and O–H groups in total. The summed E-state index contributed by atoms with van der Waals surface area (Å²) >= 11 is 3.06. The minimum atomic E-state index is -0.397. The van der Waals surface area contributed by atoms with Gasteiger partial charge in [0, 0.05) is 11.5 Å². The van der Waals surface area contributed by atoms with E-state index < -0.39 is 11.9 Å². The first-order chi connectivity index (χ1) is 15.4. The standard InChI is InChI=1S/C26H30O4S2/c1-5-21-7-11-23(12-8-21)17-31-19(3)29-25(27)15-16-26(28)30-20(4)32-18-24-13-9-22(6-2)10-14-24/h5-14,19-20H,1-2,15-18H2,3-4H3. The highest BCUT2D eigenvalue weighted by Crippen LogP contribution is 2.21. The smallest absolute Gasteiger partial charge is 0.307 e. The quantitative estimate of drug-likeness (QED) is 0.240. The third kappa shape index (κ3) is 9.79. The number of thioether (sulfide) groups is 2. The second kappa shape index (κ2) is 13.9. The van der Waals surface area contributed by atoms with Gasteiger partial charge in [0.25, 0.3) is 0 Å². The zero-order chi connectivity index (χ0) is 23.3. The average molecular weight is 471 g/mol. The first kappa shape index (κ1) is 25.8. The Morgan fingerprint density at radius 2 is 1.09 bits per heavy atom. The molecular weight excluding hydrogens is 440 g/mol. The molecule has 0 radical (unpaired) electrons. The number of benzene rings is 2. The van der Waals surface area contributed by atoms with Gasteiger partial charge in [-0.3, -0.25) is 9.59 Å². The van der Waals surface area contributed by atoms with Crippen LogP contribution in [0.15, 0.2) is 61.7 Å². The molecule has 0 bridgehead atoms. The van der Waals surface area contributed by atoms with E-state index in [1.165, 1.54) is 23.5 Å². The maximum atomic E-state index is 12.0. The lowest BCUT2D eigenvalue weighted by Crippen LogP contribution is -2.16. The molecule has 0 aromatic heterocycles. The third-order valence-electron chi connectivity index (χ3n) is 4.53. The molecule has 0 saturated carbocycles. The Hall–Kier alpha value is -2.44. The highest BCUT2D eigenvalue weighted by molar-refractivity contribution is 7.99. The predicted molar refractivity (Wildman–Crippen MR) is 136 cm³/mol. The molecule has 0 aliphatic carbocycles. The van der Waals surface area contributed by atoms with Crippen LogP contribution in [0, 0.1) is 0 Å². The molecule has 2 atom stereocenters. The lowest BCUT2D eigenvalue weighted by atomic mass is 10.1. The molecule has 170 valence electrons. The van der Waals surface area contributed by atoms with E-state index in [4.69, 9.17) is 9.47 Å². The second-order valence-corrected chi connectivity index (χ2v) is 9.70. The minimum absolute atomic E-state index is 0.0121. The molecule has 0 amide bonds. The summed E-state index contributed by atoms with van der Waals surface area (Å²) in [6.45, 7) is 11.1. The average Bonchev–Trinajstić information content (AvgIpc) is 2.80. The fourth-order valence-corrected chi connectivity index (χ4v) is 4.28. The predicted octanol–water partition coefficient (Wildman–Crippen LogP) is 6.70. The number of esters is 2. The first-order valence-electron chi connectivity index (χ1n) is 10.4. The molecule has 0 aliphatic heterocycles. The molecule has 2 unspecified atom stereocenters. The fraction of sp³-hybridized carbons (Fsp3) is 0.308. The van der Waals surface area contributed by atoms with Gasteiger partial charge >= 0.3 is 11.9 Å². The zero-order valence-corrected chi connectivity index (χ0v) is 20.3. The third-order valence-corrected chi connectivity index (χ3v) is 6.66. The number of carbonyl (C=O) groups is 2. The van der Waals surface area contributed by atoms with Crippen LogP contribution < -0.4 is 0 Å². The van der Waals surface area contributed by atoms with E-state index in [0.29, 0.717) is 0 Å². The van der Waals surface area contributed by atoms with Gasteiger partial charge in [-0.2, -0.15) is 0 Å². The Labute approximate surface area is 199 Å². The van der Waals surface area contributed by atoms with Crippen LogP contribution in [-0.4, -0.2) is 22.8 Å². The van der Waals surface area contributed by atoms with E-state index in [1.807, 2.05) is 62.4 Å². The Morgan fingerprint density at radius 3 is 1.41 bits per heavy atom. The lowest BCUT2D eigenvalue weighted by Gasteiger charge is -2.14. The van der Waals surface area contributed by atoms with Gasteiger partial charge in [-0.25, -0.2) is 0 Å². The van der Waals surface area contributed by atoms with Crippen LogP contribution in [0.4, 0.5) is 0 Å². The monoisotopic (exact) mass is 470 g/mol. The molecule has 0 saturated heterocycles. The van der Waals surface area contributed by atoms with Gasteiger partial charge in [-0.1, -0.05) is 73.8 Å². The SMILES string of the molecule is C=Cc1ccc(CSC(C)OC(=O)CCC(=O)OC(C)SCc2ccc(C=C)cc2)cc1. The van der Waals surface area contributed by atoms with Crippen molar-refractivity contribution in [1.29, 1.82) is 0 Å². The van der Waals surface area contributed by atoms with E-state index >= 15 is 0 Å². The van der Waals surface area contributed by atoms with Crippen molar-refractivity contribution in [2.45, 2.75) is 49.1 Å². The number of ether oxygens (including phenoxy) is 2. The molecule has 2 aromatic carbocycles. The fourth-order valence-electron chi connectivity index (χ4n) is 2.69. The van der Waals surface area contributed by atoms with Gasteiger partial charge in [0.05, 0.1) is 12.8 Å². The van der Waals surface area contributed by atoms with Crippen LogP contribution in [0.1, 0.15) is 48.9 Å². The van der Waals surface area contributed by atoms with E-state index in [0.717, 1.165) is 33.8 Å². The molecular formula is C26H30O4S2. The summed E-state index contributed by atoms with van der Waals surface area (Å²) in [6, 6.07) is 16.1. The summed E-state index contributed by atoms with van der Waals surface area (Å²) < 4.78 is 10.8. The highest BCUT2D eigenvalue weighted by Gasteiger charge is 2.15. The molecule has 6 heteroatoms. The number of rotatable bonds is 13. The van der Waals surface area contributed by atoms with Crippen molar-refractivity contribution in [2.24, 2.45) is 0 Å². The van der Waals surface area contributed by atoms with E-state index in [1.54, 1.807) is 12.2 Å². The van der Waals surface area contributed by atoms with Crippen LogP contribution in [0.25, 0.3) is 12.2 Å². The van der Waals surface area contributed by atoms with Crippen LogP contribution in [0.3, 0.4) is 0 Å². The van der Waals surface area contributed by atoms with E-state index in [2.05, 4.69) is 13.2 Å². The van der Waals surface area contributed by atoms with E-state index in [-0.39, 0.29) is 23.7 Å². The van der Waals surface area contributed by atoms with Gasteiger partial charge in [0.2, 0.25) is 0 Å². The Bertz CT molecular complexity index is 816. The maximum absolute atomic E-state index is 12.0. The first-order valence-corrected chi connectivity index (χ1v) is 12.5. The van der Waals surface area contributed by atoms with Crippen molar-refractivity contribution in [3.05, 3.63) is 83.9 Å². The summed E-state index contributed by atoms with van der Waals surface area (Å²) in [6.07, 6.45) is 3.62. The Kier molecular flexibility index (Phi) is 11.2. The summed E-state index contributed by atoms with van der Waals surface area (Å²) in [5.74, 6) is 0.677. The molecule has 2 rings (SSSR count). The molecule has 0 aliphatic rings. The molecule has 2 aromatic rings. The normalized spacial score (nSPS) is 12.4. The van der Waals surface area contributed by atoms with Crippen molar-refractivity contribution in [2.75, 3.05) is 0 Å². The summed E-state index contributed by atoms with van der Waals surface area (Å²) in [7, 11) is 0. The molecule has 4 nitrogen and oxygen atoms in total. The van der Waals surface area contributed by atoms with Crippen LogP contribution in [0.5, 0.6) is 0 Å². The van der Waals surface area contributed by atoms with Crippen molar-refractivity contribution in [3.8, 4) is 0 Å². The van der Waals surface area contributed by atoms with Gasteiger partial charge in [-0.15, -0.1) is 23.5 Å². The number of hydrogen-bond donors (Lipinski definition) is 0. The highest BCUT2D eigenvalue weighted by atomic mass is 32.2. The van der Waals surface area contributed by atoms with Crippen LogP contribution in [0.2, 0.25) is 0 Å². The summed E-state index contributed by atoms with van der Waals surface area (Å²) in [5, 5.41) is 0. The maximum Gasteiger partial charge on any atom is 0.307 e. The summed E-state index contributed by atoms with van der Waals surface area (Å²) in [5.41, 5.74) is 3.85. The Balaban J connectivity index is 1.61. The largest absolute Gasteiger partial charge is 0.452 e. The van der Waals surface area contributed by atoms with Crippen LogP contribution >= 0.6 is 23.5 Å². The molecule has 0 fully saturated rings. The topological polar surface area (TPSA) is 52.6 Å². The number of carbonyl (C=O) groups excluding carboxylic acids is 2. The van der Waals surface area contributed by atoms with Gasteiger partial charge in [0.15, 0.2) is 0 Å². The van der Waals surface area contributed by atoms with Gasteiger partial charge < -0.3 is 9.47 Å². The van der Waals surface area contributed by atoms with Crippen molar-refractivity contribution in [3.63, 3.8) is 0 Å². The Morgan fingerprint density at radius 1 is 0.750 bits per heavy atom. The molecule has 0 heterocycles. The zero-order valence-electron chi connectivity index (χ0n) is 18.6. The van der Waals surface area contributed by atoms with Crippen LogP contribution in [-0.2, 0) is 30.6 Å². The second-order valence-electron chi connectivity index (χ2n) is 7.13. The molecule has 32 heavy (non-hydrogen) atoms. The van der Waals surface area contributed by atoms with Gasteiger partial charge in [0.1, 0.15) is 10.9 Å². The minimum Gasteiger partial charge on any atom is -0.452 e. The number of hydrogen-bond acceptors (Lipinski definition) is 6. The lowest BCUT2D eigenvalue weighted by molar-refractivity contribution is -0.151. The van der Waals surface area contributed by atoms with Crippen molar-refractivity contribution < 1.29 is 19.1 Å².